The van der Waals surface area contributed by atoms with Gasteiger partial charge in [0.25, 0.3) is 0 Å². The summed E-state index contributed by atoms with van der Waals surface area (Å²) in [7, 11) is 0. The van der Waals surface area contributed by atoms with E-state index < -0.39 is 0 Å². The van der Waals surface area contributed by atoms with E-state index in [9.17, 15) is 0 Å². The predicted molar refractivity (Wildman–Crippen MR) is 84.1 cm³/mol. The lowest BCUT2D eigenvalue weighted by Gasteiger charge is -2.18. The smallest absolute Gasteiger partial charge is 0.131 e. The Labute approximate surface area is 122 Å². The van der Waals surface area contributed by atoms with Crippen LogP contribution >= 0.6 is 0 Å². The third-order valence-corrected chi connectivity index (χ3v) is 3.74. The van der Waals surface area contributed by atoms with Crippen molar-refractivity contribution in [2.45, 2.75) is 6.17 Å². The van der Waals surface area contributed by atoms with Gasteiger partial charge in [-0.05, 0) is 30.3 Å². The molecule has 4 aromatic rings. The molecule has 4 nitrogen and oxygen atoms in total. The molecular weight excluding hydrogens is 260 g/mol. The number of para-hydroxylation sites is 4. The fourth-order valence-corrected chi connectivity index (χ4v) is 2.74. The highest BCUT2D eigenvalue weighted by molar-refractivity contribution is 5.77. The van der Waals surface area contributed by atoms with Gasteiger partial charge in [0.2, 0.25) is 0 Å². The van der Waals surface area contributed by atoms with Crippen LogP contribution in [0.2, 0.25) is 0 Å². The second kappa shape index (κ2) is 4.59. The van der Waals surface area contributed by atoms with E-state index in [1.54, 1.807) is 0 Å². The van der Waals surface area contributed by atoms with Crippen molar-refractivity contribution in [3.8, 4) is 0 Å². The van der Waals surface area contributed by atoms with Crippen LogP contribution < -0.4 is 0 Å². The number of rotatable bonds is 3. The van der Waals surface area contributed by atoms with Gasteiger partial charge >= 0.3 is 0 Å². The Morgan fingerprint density at radius 1 is 0.810 bits per heavy atom. The molecule has 2 aromatic carbocycles. The number of allylic oxidation sites excluding steroid dienone is 1. The topological polar surface area (TPSA) is 35.6 Å². The molecule has 102 valence electrons. The molecule has 4 rings (SSSR count). The first-order valence-electron chi connectivity index (χ1n) is 6.84. The van der Waals surface area contributed by atoms with Gasteiger partial charge in [0.1, 0.15) is 6.17 Å². The Morgan fingerprint density at radius 3 is 1.76 bits per heavy atom. The summed E-state index contributed by atoms with van der Waals surface area (Å²) in [5, 5.41) is 0. The van der Waals surface area contributed by atoms with Crippen LogP contribution in [0.5, 0.6) is 0 Å². The monoisotopic (exact) mass is 274 g/mol. The number of hydrogen-bond acceptors (Lipinski definition) is 2. The highest BCUT2D eigenvalue weighted by Crippen LogP contribution is 2.23. The minimum atomic E-state index is -0.0511. The first-order valence-corrected chi connectivity index (χ1v) is 6.84. The number of imidazole rings is 2. The number of benzene rings is 2. The van der Waals surface area contributed by atoms with Crippen molar-refractivity contribution in [3.63, 3.8) is 0 Å². The summed E-state index contributed by atoms with van der Waals surface area (Å²) in [5.41, 5.74) is 4.13. The Morgan fingerprint density at radius 2 is 1.29 bits per heavy atom. The molecule has 2 heterocycles. The van der Waals surface area contributed by atoms with Gasteiger partial charge in [-0.15, -0.1) is 0 Å². The van der Waals surface area contributed by atoms with Crippen LogP contribution in [0, 0.1) is 0 Å². The van der Waals surface area contributed by atoms with Crippen LogP contribution in [0.3, 0.4) is 0 Å². The summed E-state index contributed by atoms with van der Waals surface area (Å²) in [6.45, 7) is 3.99. The van der Waals surface area contributed by atoms with Gasteiger partial charge in [0.15, 0.2) is 0 Å². The van der Waals surface area contributed by atoms with E-state index in [0.29, 0.717) is 0 Å². The van der Waals surface area contributed by atoms with Crippen molar-refractivity contribution in [2.24, 2.45) is 0 Å². The summed E-state index contributed by atoms with van der Waals surface area (Å²) in [4.78, 5) is 8.92. The standard InChI is InChI=1S/C17H14N4/c1-2-17(20-11-18-13-7-3-5-9-15(13)20)21-12-19-14-8-4-6-10-16(14)21/h2-12,17H,1H2. The van der Waals surface area contributed by atoms with E-state index in [0.717, 1.165) is 22.1 Å². The Balaban J connectivity index is 1.94. The fourth-order valence-electron chi connectivity index (χ4n) is 2.74. The lowest BCUT2D eigenvalue weighted by molar-refractivity contribution is 0.546. The zero-order chi connectivity index (χ0) is 14.2. The number of aromatic nitrogens is 4. The molecule has 2 aromatic heterocycles. The number of hydrogen-bond donors (Lipinski definition) is 0. The van der Waals surface area contributed by atoms with Crippen LogP contribution in [-0.2, 0) is 0 Å². The molecule has 0 aliphatic carbocycles. The van der Waals surface area contributed by atoms with E-state index in [-0.39, 0.29) is 6.17 Å². The van der Waals surface area contributed by atoms with Crippen LogP contribution in [-0.4, -0.2) is 19.1 Å². The average Bonchev–Trinajstić information content (AvgIpc) is 3.14. The van der Waals surface area contributed by atoms with Crippen LogP contribution in [0.25, 0.3) is 22.1 Å². The highest BCUT2D eigenvalue weighted by Gasteiger charge is 2.14. The van der Waals surface area contributed by atoms with Crippen LogP contribution in [0.15, 0.2) is 73.8 Å². The third kappa shape index (κ3) is 1.76. The quantitative estimate of drug-likeness (QED) is 0.535. The van der Waals surface area contributed by atoms with Gasteiger partial charge in [0, 0.05) is 0 Å². The van der Waals surface area contributed by atoms with Crippen LogP contribution in [0.1, 0.15) is 6.17 Å². The molecule has 0 amide bonds. The average molecular weight is 274 g/mol. The van der Waals surface area contributed by atoms with Gasteiger partial charge < -0.3 is 9.13 Å². The molecule has 0 atom stereocenters. The van der Waals surface area contributed by atoms with Gasteiger partial charge in [-0.25, -0.2) is 9.97 Å². The highest BCUT2D eigenvalue weighted by atomic mass is 15.2. The summed E-state index contributed by atoms with van der Waals surface area (Å²) in [6, 6.07) is 16.2. The number of fused-ring (bicyclic) bond motifs is 2. The molecule has 0 aliphatic heterocycles. The van der Waals surface area contributed by atoms with E-state index >= 15 is 0 Å². The fraction of sp³-hybridized carbons (Fsp3) is 0.0588. The Kier molecular flexibility index (Phi) is 2.60. The SMILES string of the molecule is C=CC(n1cnc2ccccc21)n1cnc2ccccc21. The summed E-state index contributed by atoms with van der Waals surface area (Å²) in [5.74, 6) is 0. The van der Waals surface area contributed by atoms with Crippen molar-refractivity contribution < 1.29 is 0 Å². The van der Waals surface area contributed by atoms with Crippen molar-refractivity contribution in [3.05, 3.63) is 73.8 Å². The van der Waals surface area contributed by atoms with Crippen molar-refractivity contribution >= 4 is 22.1 Å². The number of nitrogens with zero attached hydrogens (tertiary/aromatic N) is 4. The molecule has 0 N–H and O–H groups in total. The van der Waals surface area contributed by atoms with Crippen molar-refractivity contribution in [2.75, 3.05) is 0 Å². The zero-order valence-corrected chi connectivity index (χ0v) is 11.4. The van der Waals surface area contributed by atoms with Gasteiger partial charge in [-0.3, -0.25) is 0 Å². The molecule has 0 saturated heterocycles. The Hall–Kier alpha value is -2.88. The first kappa shape index (κ1) is 11.9. The van der Waals surface area contributed by atoms with Crippen molar-refractivity contribution in [1.82, 2.24) is 19.1 Å². The van der Waals surface area contributed by atoms with Gasteiger partial charge in [-0.1, -0.05) is 30.8 Å². The minimum Gasteiger partial charge on any atom is -0.305 e. The molecule has 0 radical (unpaired) electrons. The molecule has 0 aliphatic rings. The lowest BCUT2D eigenvalue weighted by atomic mass is 10.3. The van der Waals surface area contributed by atoms with E-state index in [1.165, 1.54) is 0 Å². The second-order valence-electron chi connectivity index (χ2n) is 4.93. The summed E-state index contributed by atoms with van der Waals surface area (Å²) in [6.07, 6.45) is 5.56. The zero-order valence-electron chi connectivity index (χ0n) is 11.4. The summed E-state index contributed by atoms with van der Waals surface area (Å²) < 4.78 is 4.22. The second-order valence-corrected chi connectivity index (χ2v) is 4.93. The largest absolute Gasteiger partial charge is 0.305 e. The van der Waals surface area contributed by atoms with E-state index in [2.05, 4.69) is 37.8 Å². The predicted octanol–water partition coefficient (Wildman–Crippen LogP) is 3.62. The molecule has 21 heavy (non-hydrogen) atoms. The molecule has 4 heteroatoms. The molecule has 0 spiro atoms. The van der Waals surface area contributed by atoms with E-state index in [4.69, 9.17) is 0 Å². The molecule has 0 saturated carbocycles. The molecule has 0 fully saturated rings. The normalized spacial score (nSPS) is 11.5. The first-order chi connectivity index (χ1) is 10.4. The third-order valence-electron chi connectivity index (χ3n) is 3.74. The van der Waals surface area contributed by atoms with Crippen molar-refractivity contribution in [1.29, 1.82) is 0 Å². The van der Waals surface area contributed by atoms with E-state index in [1.807, 2.05) is 55.1 Å². The maximum atomic E-state index is 4.46. The molecule has 0 bridgehead atoms. The maximum absolute atomic E-state index is 4.46. The van der Waals surface area contributed by atoms with Gasteiger partial charge in [0.05, 0.1) is 34.7 Å². The molecule has 0 unspecified atom stereocenters. The van der Waals surface area contributed by atoms with Crippen LogP contribution in [0.4, 0.5) is 0 Å². The molecular formula is C17H14N4. The lowest BCUT2D eigenvalue weighted by Crippen LogP contribution is -2.14. The minimum absolute atomic E-state index is 0.0511. The van der Waals surface area contributed by atoms with Gasteiger partial charge in [-0.2, -0.15) is 0 Å². The Bertz CT molecular complexity index is 858. The maximum Gasteiger partial charge on any atom is 0.131 e. The summed E-state index contributed by atoms with van der Waals surface area (Å²) >= 11 is 0.